The highest BCUT2D eigenvalue weighted by molar-refractivity contribution is 7.93. The minimum Gasteiger partial charge on any atom is -0.506 e. The molecular weight excluding hydrogens is 345 g/mol. The molecule has 0 atom stereocenters. The fourth-order valence-electron chi connectivity index (χ4n) is 1.43. The first-order chi connectivity index (χ1) is 9.33. The Bertz CT molecular complexity index is 743. The second-order valence-electron chi connectivity index (χ2n) is 3.68. The lowest BCUT2D eigenvalue weighted by Gasteiger charge is -2.10. The van der Waals surface area contributed by atoms with Crippen molar-refractivity contribution < 1.29 is 18.3 Å². The molecule has 2 aromatic rings. The van der Waals surface area contributed by atoms with E-state index >= 15 is 0 Å². The number of phenols is 1. The smallest absolute Gasteiger partial charge is 0.264 e. The first-order valence-corrected chi connectivity index (χ1v) is 8.23. The molecule has 0 bridgehead atoms. The van der Waals surface area contributed by atoms with E-state index in [1.807, 2.05) is 0 Å². The highest BCUT2D eigenvalue weighted by Crippen LogP contribution is 2.36. The number of benzene rings is 1. The number of phenolic OH excluding ortho intramolecular Hbond substituents is 1. The van der Waals surface area contributed by atoms with Crippen LogP contribution in [-0.4, -0.2) is 20.6 Å². The van der Waals surface area contributed by atoms with Crippen molar-refractivity contribution in [2.24, 2.45) is 0 Å². The van der Waals surface area contributed by atoms with Gasteiger partial charge in [-0.15, -0.1) is 11.3 Å². The van der Waals surface area contributed by atoms with Crippen molar-refractivity contribution in [3.63, 3.8) is 0 Å². The number of thiophene rings is 1. The molecule has 0 saturated heterocycles. The van der Waals surface area contributed by atoms with E-state index in [0.29, 0.717) is 5.75 Å². The van der Waals surface area contributed by atoms with Crippen LogP contribution in [0.25, 0.3) is 0 Å². The van der Waals surface area contributed by atoms with Gasteiger partial charge in [-0.3, -0.25) is 4.72 Å². The van der Waals surface area contributed by atoms with Crippen LogP contribution < -0.4 is 9.46 Å². The summed E-state index contributed by atoms with van der Waals surface area (Å²) in [5.74, 6) is 0.168. The van der Waals surface area contributed by atoms with Gasteiger partial charge < -0.3 is 9.84 Å². The Morgan fingerprint density at radius 3 is 2.55 bits per heavy atom. The van der Waals surface area contributed by atoms with E-state index in [-0.39, 0.29) is 25.0 Å². The SMILES string of the molecule is COc1ccc(O)c(NS(=O)(=O)c2cc(Cl)sc2Cl)c1. The Balaban J connectivity index is 2.40. The molecule has 0 aliphatic rings. The molecule has 1 aromatic heterocycles. The van der Waals surface area contributed by atoms with E-state index in [9.17, 15) is 13.5 Å². The van der Waals surface area contributed by atoms with Crippen LogP contribution in [0.5, 0.6) is 11.5 Å². The van der Waals surface area contributed by atoms with Crippen molar-refractivity contribution in [1.29, 1.82) is 0 Å². The van der Waals surface area contributed by atoms with Crippen molar-refractivity contribution in [2.75, 3.05) is 11.8 Å². The third-order valence-corrected chi connectivity index (χ3v) is 5.48. The summed E-state index contributed by atoms with van der Waals surface area (Å²) in [5, 5.41) is 9.68. The van der Waals surface area contributed by atoms with Crippen LogP contribution in [-0.2, 0) is 10.0 Å². The molecule has 2 rings (SSSR count). The van der Waals surface area contributed by atoms with E-state index in [1.54, 1.807) is 0 Å². The Hall–Kier alpha value is -1.15. The Labute approximate surface area is 129 Å². The van der Waals surface area contributed by atoms with Gasteiger partial charge in [0, 0.05) is 6.07 Å². The number of anilines is 1. The number of aromatic hydroxyl groups is 1. The zero-order chi connectivity index (χ0) is 14.9. The lowest BCUT2D eigenvalue weighted by atomic mass is 10.3. The van der Waals surface area contributed by atoms with Gasteiger partial charge in [-0.1, -0.05) is 23.2 Å². The van der Waals surface area contributed by atoms with Gasteiger partial charge in [0.15, 0.2) is 0 Å². The number of methoxy groups -OCH3 is 1. The van der Waals surface area contributed by atoms with Crippen LogP contribution in [0.2, 0.25) is 8.67 Å². The van der Waals surface area contributed by atoms with Crippen molar-refractivity contribution in [3.8, 4) is 11.5 Å². The normalized spacial score (nSPS) is 11.3. The number of nitrogens with one attached hydrogen (secondary N) is 1. The largest absolute Gasteiger partial charge is 0.506 e. The minimum atomic E-state index is -3.94. The first-order valence-electron chi connectivity index (χ1n) is 5.18. The third-order valence-electron chi connectivity index (χ3n) is 2.36. The standard InChI is InChI=1S/C11H9Cl2NO4S2/c1-18-6-2-3-8(15)7(4-6)14-20(16,17)9-5-10(12)19-11(9)13/h2-5,14-15H,1H3. The maximum Gasteiger partial charge on any atom is 0.264 e. The van der Waals surface area contributed by atoms with Crippen LogP contribution >= 0.6 is 34.5 Å². The molecule has 0 radical (unpaired) electrons. The van der Waals surface area contributed by atoms with E-state index in [0.717, 1.165) is 11.3 Å². The highest BCUT2D eigenvalue weighted by atomic mass is 35.5. The minimum absolute atomic E-state index is 0.0114. The summed E-state index contributed by atoms with van der Waals surface area (Å²) < 4.78 is 31.9. The van der Waals surface area contributed by atoms with Crippen LogP contribution in [0.4, 0.5) is 5.69 Å². The molecule has 0 aliphatic carbocycles. The van der Waals surface area contributed by atoms with Crippen molar-refractivity contribution >= 4 is 50.2 Å². The molecule has 108 valence electrons. The summed E-state index contributed by atoms with van der Waals surface area (Å²) in [6.07, 6.45) is 0. The van der Waals surface area contributed by atoms with Gasteiger partial charge in [0.25, 0.3) is 10.0 Å². The fraction of sp³-hybridized carbons (Fsp3) is 0.0909. The average molecular weight is 354 g/mol. The quantitative estimate of drug-likeness (QED) is 0.823. The number of sulfonamides is 1. The number of ether oxygens (including phenoxy) is 1. The van der Waals surface area contributed by atoms with E-state index in [2.05, 4.69) is 4.72 Å². The molecule has 0 saturated carbocycles. The zero-order valence-electron chi connectivity index (χ0n) is 10.1. The monoisotopic (exact) mass is 353 g/mol. The maximum atomic E-state index is 12.2. The number of hydrogen-bond donors (Lipinski definition) is 2. The van der Waals surface area contributed by atoms with Gasteiger partial charge in [-0.05, 0) is 18.2 Å². The van der Waals surface area contributed by atoms with Crippen LogP contribution in [0.3, 0.4) is 0 Å². The van der Waals surface area contributed by atoms with E-state index < -0.39 is 10.0 Å². The van der Waals surface area contributed by atoms with Crippen LogP contribution in [0.1, 0.15) is 0 Å². The topological polar surface area (TPSA) is 75.6 Å². The summed E-state index contributed by atoms with van der Waals surface area (Å²) in [4.78, 5) is -0.142. The molecule has 1 heterocycles. The van der Waals surface area contributed by atoms with Gasteiger partial charge in [0.1, 0.15) is 20.7 Å². The highest BCUT2D eigenvalue weighted by Gasteiger charge is 2.22. The first kappa shape index (κ1) is 15.2. The van der Waals surface area contributed by atoms with Crippen molar-refractivity contribution in [3.05, 3.63) is 32.9 Å². The average Bonchev–Trinajstić information content (AvgIpc) is 2.72. The Kier molecular flexibility index (Phi) is 4.33. The molecule has 1 aromatic carbocycles. The van der Waals surface area contributed by atoms with E-state index in [1.165, 1.54) is 31.4 Å². The summed E-state index contributed by atoms with van der Waals surface area (Å²) in [6.45, 7) is 0. The van der Waals surface area contributed by atoms with Crippen molar-refractivity contribution in [2.45, 2.75) is 4.90 Å². The molecule has 2 N–H and O–H groups in total. The Morgan fingerprint density at radius 2 is 2.00 bits per heavy atom. The number of halogens is 2. The molecule has 0 spiro atoms. The molecule has 5 nitrogen and oxygen atoms in total. The van der Waals surface area contributed by atoms with Crippen LogP contribution in [0.15, 0.2) is 29.2 Å². The maximum absolute atomic E-state index is 12.2. The van der Waals surface area contributed by atoms with Gasteiger partial charge >= 0.3 is 0 Å². The molecule has 0 aliphatic heterocycles. The van der Waals surface area contributed by atoms with Crippen molar-refractivity contribution in [1.82, 2.24) is 0 Å². The summed E-state index contributed by atoms with van der Waals surface area (Å²) in [7, 11) is -2.51. The molecule has 0 amide bonds. The van der Waals surface area contributed by atoms with E-state index in [4.69, 9.17) is 27.9 Å². The fourth-order valence-corrected chi connectivity index (χ4v) is 4.65. The molecule has 0 fully saturated rings. The third kappa shape index (κ3) is 3.12. The molecule has 20 heavy (non-hydrogen) atoms. The second-order valence-corrected chi connectivity index (χ2v) is 7.61. The summed E-state index contributed by atoms with van der Waals surface area (Å²) in [6, 6.07) is 5.42. The molecule has 0 unspecified atom stereocenters. The van der Waals surface area contributed by atoms with Gasteiger partial charge in [-0.25, -0.2) is 8.42 Å². The van der Waals surface area contributed by atoms with Gasteiger partial charge in [0.05, 0.1) is 17.1 Å². The predicted molar refractivity (Wildman–Crippen MR) is 79.8 cm³/mol. The zero-order valence-corrected chi connectivity index (χ0v) is 13.2. The predicted octanol–water partition coefficient (Wildman–Crippen LogP) is 3.57. The lowest BCUT2D eigenvalue weighted by Crippen LogP contribution is -2.12. The number of rotatable bonds is 4. The molecular formula is C11H9Cl2NO4S2. The van der Waals surface area contributed by atoms with Gasteiger partial charge in [-0.2, -0.15) is 0 Å². The molecule has 9 heteroatoms. The van der Waals surface area contributed by atoms with Gasteiger partial charge in [0.2, 0.25) is 0 Å². The number of hydrogen-bond acceptors (Lipinski definition) is 5. The summed E-state index contributed by atoms with van der Waals surface area (Å²) in [5.41, 5.74) is -0.0114. The Morgan fingerprint density at radius 1 is 1.30 bits per heavy atom. The van der Waals surface area contributed by atoms with Crippen LogP contribution in [0, 0.1) is 0 Å². The second kappa shape index (κ2) is 5.69. The summed E-state index contributed by atoms with van der Waals surface area (Å²) >= 11 is 12.5. The lowest BCUT2D eigenvalue weighted by molar-refractivity contribution is 0.413.